The summed E-state index contributed by atoms with van der Waals surface area (Å²) in [4.78, 5) is 22.6. The van der Waals surface area contributed by atoms with Gasteiger partial charge in [-0.25, -0.2) is 4.68 Å². The molecule has 1 aromatic carbocycles. The molecule has 0 saturated heterocycles. The van der Waals surface area contributed by atoms with Crippen LogP contribution in [0.1, 0.15) is 10.4 Å². The Balaban J connectivity index is 2.02. The average Bonchev–Trinajstić information content (AvgIpc) is 2.98. The van der Waals surface area contributed by atoms with Crippen molar-refractivity contribution in [3.8, 4) is 5.69 Å². The second kappa shape index (κ2) is 5.81. The molecule has 0 atom stereocenters. The van der Waals surface area contributed by atoms with Gasteiger partial charge < -0.3 is 10.1 Å². The van der Waals surface area contributed by atoms with Gasteiger partial charge in [-0.3, -0.25) is 9.59 Å². The third-order valence-electron chi connectivity index (χ3n) is 2.52. The molecule has 0 saturated carbocycles. The van der Waals surface area contributed by atoms with Gasteiger partial charge in [-0.05, 0) is 30.3 Å². The molecule has 6 heteroatoms. The molecule has 0 aliphatic rings. The highest BCUT2D eigenvalue weighted by Gasteiger charge is 2.08. The molecule has 2 rings (SSSR count). The van der Waals surface area contributed by atoms with E-state index in [1.165, 1.54) is 7.11 Å². The number of nitrogens with one attached hydrogen (secondary N) is 1. The molecule has 19 heavy (non-hydrogen) atoms. The molecule has 0 aliphatic carbocycles. The van der Waals surface area contributed by atoms with E-state index in [1.54, 1.807) is 35.1 Å². The Morgan fingerprint density at radius 1 is 1.32 bits per heavy atom. The molecule has 0 bridgehead atoms. The Labute approximate surface area is 110 Å². The van der Waals surface area contributed by atoms with Crippen LogP contribution in [0, 0.1) is 0 Å². The fourth-order valence-electron chi connectivity index (χ4n) is 1.51. The first kappa shape index (κ1) is 12.8. The van der Waals surface area contributed by atoms with E-state index in [4.69, 9.17) is 0 Å². The van der Waals surface area contributed by atoms with Crippen molar-refractivity contribution in [2.45, 2.75) is 0 Å². The van der Waals surface area contributed by atoms with Crippen LogP contribution in [0.2, 0.25) is 0 Å². The minimum absolute atomic E-state index is 0.143. The SMILES string of the molecule is COC(=O)CNC(=O)c1ccc(-n2cccn2)cc1. The van der Waals surface area contributed by atoms with Gasteiger partial charge in [0.1, 0.15) is 6.54 Å². The van der Waals surface area contributed by atoms with E-state index in [0.717, 1.165) is 5.69 Å². The van der Waals surface area contributed by atoms with Crippen LogP contribution < -0.4 is 5.32 Å². The van der Waals surface area contributed by atoms with Crippen LogP contribution in [0.15, 0.2) is 42.7 Å². The van der Waals surface area contributed by atoms with Crippen molar-refractivity contribution in [1.29, 1.82) is 0 Å². The summed E-state index contributed by atoms with van der Waals surface area (Å²) in [6.45, 7) is -0.143. The number of amides is 1. The normalized spacial score (nSPS) is 9.95. The Kier molecular flexibility index (Phi) is 3.92. The van der Waals surface area contributed by atoms with E-state index in [-0.39, 0.29) is 12.5 Å². The van der Waals surface area contributed by atoms with Crippen LogP contribution in [-0.4, -0.2) is 35.3 Å². The van der Waals surface area contributed by atoms with E-state index in [0.29, 0.717) is 5.56 Å². The summed E-state index contributed by atoms with van der Waals surface area (Å²) in [7, 11) is 1.27. The van der Waals surface area contributed by atoms with Crippen LogP contribution in [-0.2, 0) is 9.53 Å². The van der Waals surface area contributed by atoms with Crippen molar-refractivity contribution in [3.63, 3.8) is 0 Å². The van der Waals surface area contributed by atoms with Crippen LogP contribution >= 0.6 is 0 Å². The monoisotopic (exact) mass is 259 g/mol. The second-order valence-corrected chi connectivity index (χ2v) is 3.76. The van der Waals surface area contributed by atoms with Gasteiger partial charge in [0.15, 0.2) is 0 Å². The molecule has 6 nitrogen and oxygen atoms in total. The molecule has 1 amide bonds. The smallest absolute Gasteiger partial charge is 0.325 e. The largest absolute Gasteiger partial charge is 0.468 e. The maximum Gasteiger partial charge on any atom is 0.325 e. The van der Waals surface area contributed by atoms with Gasteiger partial charge in [0.25, 0.3) is 5.91 Å². The molecular weight excluding hydrogens is 246 g/mol. The first-order valence-electron chi connectivity index (χ1n) is 5.66. The topological polar surface area (TPSA) is 73.2 Å². The minimum Gasteiger partial charge on any atom is -0.468 e. The molecule has 0 fully saturated rings. The summed E-state index contributed by atoms with van der Waals surface area (Å²) in [6, 6.07) is 8.71. The summed E-state index contributed by atoms with van der Waals surface area (Å²) in [5, 5.41) is 6.55. The van der Waals surface area contributed by atoms with Crippen LogP contribution in [0.25, 0.3) is 5.69 Å². The highest BCUT2D eigenvalue weighted by Crippen LogP contribution is 2.08. The molecule has 0 radical (unpaired) electrons. The molecule has 0 spiro atoms. The lowest BCUT2D eigenvalue weighted by atomic mass is 10.2. The number of esters is 1. The van der Waals surface area contributed by atoms with Gasteiger partial charge in [0.2, 0.25) is 0 Å². The van der Waals surface area contributed by atoms with Crippen molar-refractivity contribution in [1.82, 2.24) is 15.1 Å². The number of benzene rings is 1. The zero-order valence-electron chi connectivity index (χ0n) is 10.4. The lowest BCUT2D eigenvalue weighted by Crippen LogP contribution is -2.30. The van der Waals surface area contributed by atoms with Gasteiger partial charge in [0.05, 0.1) is 12.8 Å². The molecular formula is C13H13N3O3. The fourth-order valence-corrected chi connectivity index (χ4v) is 1.51. The van der Waals surface area contributed by atoms with Crippen molar-refractivity contribution in [3.05, 3.63) is 48.3 Å². The zero-order chi connectivity index (χ0) is 13.7. The molecule has 1 N–H and O–H groups in total. The van der Waals surface area contributed by atoms with Crippen molar-refractivity contribution in [2.24, 2.45) is 0 Å². The first-order valence-corrected chi connectivity index (χ1v) is 5.66. The van der Waals surface area contributed by atoms with Gasteiger partial charge >= 0.3 is 5.97 Å². The van der Waals surface area contributed by atoms with Crippen molar-refractivity contribution in [2.75, 3.05) is 13.7 Å². The molecule has 0 unspecified atom stereocenters. The Morgan fingerprint density at radius 3 is 2.63 bits per heavy atom. The number of hydrogen-bond donors (Lipinski definition) is 1. The number of nitrogens with zero attached hydrogens (tertiary/aromatic N) is 2. The van der Waals surface area contributed by atoms with Gasteiger partial charge in [-0.1, -0.05) is 0 Å². The fraction of sp³-hybridized carbons (Fsp3) is 0.154. The minimum atomic E-state index is -0.485. The highest BCUT2D eigenvalue weighted by molar-refractivity contribution is 5.96. The van der Waals surface area contributed by atoms with Crippen molar-refractivity contribution < 1.29 is 14.3 Å². The number of hydrogen-bond acceptors (Lipinski definition) is 4. The summed E-state index contributed by atoms with van der Waals surface area (Å²) in [5.74, 6) is -0.807. The standard InChI is InChI=1S/C13H13N3O3/c1-19-12(17)9-14-13(18)10-3-5-11(6-4-10)16-8-2-7-15-16/h2-8H,9H2,1H3,(H,14,18). The van der Waals surface area contributed by atoms with E-state index >= 15 is 0 Å². The van der Waals surface area contributed by atoms with E-state index in [2.05, 4.69) is 15.2 Å². The third-order valence-corrected chi connectivity index (χ3v) is 2.52. The lowest BCUT2D eigenvalue weighted by molar-refractivity contribution is -0.139. The van der Waals surface area contributed by atoms with Crippen LogP contribution in [0.3, 0.4) is 0 Å². The molecule has 0 aliphatic heterocycles. The number of ether oxygens (including phenoxy) is 1. The Morgan fingerprint density at radius 2 is 2.05 bits per heavy atom. The summed E-state index contributed by atoms with van der Waals surface area (Å²) >= 11 is 0. The zero-order valence-corrected chi connectivity index (χ0v) is 10.4. The van der Waals surface area contributed by atoms with E-state index in [9.17, 15) is 9.59 Å². The molecule has 1 aromatic heterocycles. The maximum absolute atomic E-state index is 11.7. The average molecular weight is 259 g/mol. The number of aromatic nitrogens is 2. The Hall–Kier alpha value is -2.63. The lowest BCUT2D eigenvalue weighted by Gasteiger charge is -2.05. The first-order chi connectivity index (χ1) is 9.20. The summed E-state index contributed by atoms with van der Waals surface area (Å²) in [6.07, 6.45) is 3.49. The number of rotatable bonds is 4. The van der Waals surface area contributed by atoms with Gasteiger partial charge in [-0.2, -0.15) is 5.10 Å². The summed E-state index contributed by atoms with van der Waals surface area (Å²) in [5.41, 5.74) is 1.33. The van der Waals surface area contributed by atoms with E-state index < -0.39 is 5.97 Å². The highest BCUT2D eigenvalue weighted by atomic mass is 16.5. The maximum atomic E-state index is 11.7. The van der Waals surface area contributed by atoms with Crippen LogP contribution in [0.4, 0.5) is 0 Å². The second-order valence-electron chi connectivity index (χ2n) is 3.76. The van der Waals surface area contributed by atoms with Gasteiger partial charge in [-0.15, -0.1) is 0 Å². The third kappa shape index (κ3) is 3.19. The molecule has 98 valence electrons. The van der Waals surface area contributed by atoms with Gasteiger partial charge in [0, 0.05) is 18.0 Å². The molecule has 2 aromatic rings. The quantitative estimate of drug-likeness (QED) is 0.823. The molecule has 1 heterocycles. The number of methoxy groups -OCH3 is 1. The number of carbonyl (C=O) groups excluding carboxylic acids is 2. The Bertz CT molecular complexity index is 561. The van der Waals surface area contributed by atoms with Crippen molar-refractivity contribution >= 4 is 11.9 Å². The predicted molar refractivity (Wildman–Crippen MR) is 67.9 cm³/mol. The van der Waals surface area contributed by atoms with E-state index in [1.807, 2.05) is 12.3 Å². The summed E-state index contributed by atoms with van der Waals surface area (Å²) < 4.78 is 6.13. The number of carbonyl (C=O) groups is 2. The predicted octanol–water partition coefficient (Wildman–Crippen LogP) is 0.775. The van der Waals surface area contributed by atoms with Crippen LogP contribution in [0.5, 0.6) is 0 Å².